The van der Waals surface area contributed by atoms with E-state index in [-0.39, 0.29) is 11.8 Å². The molecule has 5 rings (SSSR count). The summed E-state index contributed by atoms with van der Waals surface area (Å²) in [7, 11) is 3.14. The Morgan fingerprint density at radius 1 is 0.886 bits per heavy atom. The molecule has 1 N–H and O–H groups in total. The van der Waals surface area contributed by atoms with Gasteiger partial charge >= 0.3 is 0 Å². The molecule has 4 aromatic rings. The summed E-state index contributed by atoms with van der Waals surface area (Å²) in [5, 5.41) is 0. The highest BCUT2D eigenvalue weighted by atomic mass is 16.5. The average Bonchev–Trinajstić information content (AvgIpc) is 3.36. The Bertz CT molecular complexity index is 1330. The standard InChI is InChI=1S/C27H26N4O4/c1-34-19-13-11-18(12-14-19)26(32)31-16-15-30(27(33)20-7-3-6-10-24(20)35-2)17-23(31)25-28-21-8-4-5-9-22(21)29-25/h3-14,23H,15-17H2,1-2H3,(H,28,29). The summed E-state index contributed by atoms with van der Waals surface area (Å²) in [6.07, 6.45) is 0. The fourth-order valence-electron chi connectivity index (χ4n) is 4.47. The van der Waals surface area contributed by atoms with E-state index in [1.54, 1.807) is 60.4 Å². The third-order valence-corrected chi connectivity index (χ3v) is 6.33. The van der Waals surface area contributed by atoms with Crippen molar-refractivity contribution in [2.75, 3.05) is 33.9 Å². The first-order valence-electron chi connectivity index (χ1n) is 11.4. The second-order valence-corrected chi connectivity index (χ2v) is 8.33. The fourth-order valence-corrected chi connectivity index (χ4v) is 4.47. The summed E-state index contributed by atoms with van der Waals surface area (Å²) in [6, 6.07) is 21.5. The number of aromatic nitrogens is 2. The lowest BCUT2D eigenvalue weighted by atomic mass is 10.1. The number of hydrogen-bond donors (Lipinski definition) is 1. The second kappa shape index (κ2) is 9.50. The number of ether oxygens (including phenoxy) is 2. The van der Waals surface area contributed by atoms with E-state index in [1.807, 2.05) is 36.4 Å². The topological polar surface area (TPSA) is 87.8 Å². The number of para-hydroxylation sites is 3. The lowest BCUT2D eigenvalue weighted by Crippen LogP contribution is -2.52. The fraction of sp³-hybridized carbons (Fsp3) is 0.222. The molecule has 35 heavy (non-hydrogen) atoms. The van der Waals surface area contributed by atoms with Gasteiger partial charge in [-0.05, 0) is 48.5 Å². The number of methoxy groups -OCH3 is 2. The van der Waals surface area contributed by atoms with Crippen molar-refractivity contribution in [1.82, 2.24) is 19.8 Å². The Kier molecular flexibility index (Phi) is 6.10. The molecule has 1 aliphatic rings. The highest BCUT2D eigenvalue weighted by Crippen LogP contribution is 2.29. The van der Waals surface area contributed by atoms with Gasteiger partial charge in [0.2, 0.25) is 0 Å². The maximum atomic E-state index is 13.6. The first-order valence-corrected chi connectivity index (χ1v) is 11.4. The Labute approximate surface area is 203 Å². The summed E-state index contributed by atoms with van der Waals surface area (Å²) < 4.78 is 10.6. The van der Waals surface area contributed by atoms with Crippen molar-refractivity contribution in [3.8, 4) is 11.5 Å². The van der Waals surface area contributed by atoms with Crippen LogP contribution in [0, 0.1) is 0 Å². The SMILES string of the molecule is COc1ccc(C(=O)N2CCN(C(=O)c3ccccc3OC)CC2c2nc3ccccc3[nH]2)cc1. The summed E-state index contributed by atoms with van der Waals surface area (Å²) in [5.41, 5.74) is 2.74. The number of benzene rings is 3. The zero-order valence-corrected chi connectivity index (χ0v) is 19.6. The Morgan fingerprint density at radius 3 is 2.37 bits per heavy atom. The van der Waals surface area contributed by atoms with Crippen molar-refractivity contribution < 1.29 is 19.1 Å². The predicted octanol–water partition coefficient (Wildman–Crippen LogP) is 3.92. The third kappa shape index (κ3) is 4.30. The number of nitrogens with one attached hydrogen (secondary N) is 1. The van der Waals surface area contributed by atoms with Gasteiger partial charge in [-0.25, -0.2) is 4.98 Å². The molecule has 2 heterocycles. The predicted molar refractivity (Wildman–Crippen MR) is 132 cm³/mol. The van der Waals surface area contributed by atoms with Crippen molar-refractivity contribution in [2.24, 2.45) is 0 Å². The lowest BCUT2D eigenvalue weighted by Gasteiger charge is -2.40. The van der Waals surface area contributed by atoms with Crippen LogP contribution < -0.4 is 9.47 Å². The number of aromatic amines is 1. The lowest BCUT2D eigenvalue weighted by molar-refractivity contribution is 0.0369. The molecule has 8 heteroatoms. The van der Waals surface area contributed by atoms with Crippen LogP contribution in [-0.4, -0.2) is 65.4 Å². The first kappa shape index (κ1) is 22.5. The number of hydrogen-bond acceptors (Lipinski definition) is 5. The third-order valence-electron chi connectivity index (χ3n) is 6.33. The summed E-state index contributed by atoms with van der Waals surface area (Å²) in [6.45, 7) is 1.07. The Balaban J connectivity index is 1.49. The van der Waals surface area contributed by atoms with Crippen molar-refractivity contribution in [3.05, 3.63) is 89.7 Å². The highest BCUT2D eigenvalue weighted by Gasteiger charge is 2.36. The molecular formula is C27H26N4O4. The van der Waals surface area contributed by atoms with E-state index >= 15 is 0 Å². The number of imidazole rings is 1. The molecule has 1 atom stereocenters. The molecule has 8 nitrogen and oxygen atoms in total. The molecule has 1 saturated heterocycles. The van der Waals surface area contributed by atoms with Gasteiger partial charge in [-0.3, -0.25) is 9.59 Å². The number of carbonyl (C=O) groups is 2. The molecule has 0 radical (unpaired) electrons. The number of amides is 2. The van der Waals surface area contributed by atoms with Gasteiger partial charge in [-0.1, -0.05) is 24.3 Å². The summed E-state index contributed by atoms with van der Waals surface area (Å²) >= 11 is 0. The molecule has 0 spiro atoms. The monoisotopic (exact) mass is 470 g/mol. The van der Waals surface area contributed by atoms with E-state index in [1.165, 1.54) is 0 Å². The highest BCUT2D eigenvalue weighted by molar-refractivity contribution is 5.98. The van der Waals surface area contributed by atoms with Crippen molar-refractivity contribution >= 4 is 22.8 Å². The molecule has 1 aromatic heterocycles. The van der Waals surface area contributed by atoms with E-state index in [2.05, 4.69) is 4.98 Å². The molecule has 178 valence electrons. The van der Waals surface area contributed by atoms with Gasteiger partial charge in [-0.2, -0.15) is 0 Å². The number of carbonyl (C=O) groups excluding carboxylic acids is 2. The molecule has 0 saturated carbocycles. The van der Waals surface area contributed by atoms with Crippen molar-refractivity contribution in [3.63, 3.8) is 0 Å². The number of piperazine rings is 1. The van der Waals surface area contributed by atoms with Gasteiger partial charge in [0.05, 0.1) is 30.8 Å². The minimum absolute atomic E-state index is 0.123. The number of H-pyrrole nitrogens is 1. The second-order valence-electron chi connectivity index (χ2n) is 8.33. The first-order chi connectivity index (χ1) is 17.1. The smallest absolute Gasteiger partial charge is 0.257 e. The summed E-state index contributed by atoms with van der Waals surface area (Å²) in [5.74, 6) is 1.59. The van der Waals surface area contributed by atoms with Crippen LogP contribution in [0.3, 0.4) is 0 Å². The quantitative estimate of drug-likeness (QED) is 0.478. The molecule has 1 aliphatic heterocycles. The largest absolute Gasteiger partial charge is 0.497 e. The zero-order chi connectivity index (χ0) is 24.4. The molecular weight excluding hydrogens is 444 g/mol. The van der Waals surface area contributed by atoms with Crippen molar-refractivity contribution in [1.29, 1.82) is 0 Å². The van der Waals surface area contributed by atoms with Gasteiger partial charge in [0.25, 0.3) is 11.8 Å². The molecule has 1 fully saturated rings. The van der Waals surface area contributed by atoms with Crippen LogP contribution in [0.4, 0.5) is 0 Å². The molecule has 0 bridgehead atoms. The van der Waals surface area contributed by atoms with Crippen LogP contribution in [-0.2, 0) is 0 Å². The van der Waals surface area contributed by atoms with Gasteiger partial charge in [0, 0.05) is 25.2 Å². The van der Waals surface area contributed by atoms with Crippen LogP contribution >= 0.6 is 0 Å². The van der Waals surface area contributed by atoms with Gasteiger partial charge in [0.15, 0.2) is 0 Å². The van der Waals surface area contributed by atoms with Crippen LogP contribution in [0.1, 0.15) is 32.6 Å². The van der Waals surface area contributed by atoms with Crippen LogP contribution in [0.2, 0.25) is 0 Å². The normalized spacial score (nSPS) is 15.8. The van der Waals surface area contributed by atoms with E-state index in [9.17, 15) is 9.59 Å². The van der Waals surface area contributed by atoms with Gasteiger partial charge in [0.1, 0.15) is 23.4 Å². The summed E-state index contributed by atoms with van der Waals surface area (Å²) in [4.78, 5) is 38.7. The van der Waals surface area contributed by atoms with Crippen LogP contribution in [0.5, 0.6) is 11.5 Å². The Hall–Kier alpha value is -4.33. The van der Waals surface area contributed by atoms with Gasteiger partial charge < -0.3 is 24.3 Å². The van der Waals surface area contributed by atoms with Gasteiger partial charge in [-0.15, -0.1) is 0 Å². The maximum absolute atomic E-state index is 13.6. The van der Waals surface area contributed by atoms with E-state index in [4.69, 9.17) is 14.5 Å². The number of nitrogens with zero attached hydrogens (tertiary/aromatic N) is 3. The van der Waals surface area contributed by atoms with E-state index in [0.717, 1.165) is 11.0 Å². The van der Waals surface area contributed by atoms with E-state index in [0.29, 0.717) is 48.1 Å². The Morgan fingerprint density at radius 2 is 1.63 bits per heavy atom. The number of fused-ring (bicyclic) bond motifs is 1. The molecule has 0 aliphatic carbocycles. The van der Waals surface area contributed by atoms with Crippen LogP contribution in [0.15, 0.2) is 72.8 Å². The maximum Gasteiger partial charge on any atom is 0.257 e. The minimum atomic E-state index is -0.440. The van der Waals surface area contributed by atoms with E-state index < -0.39 is 6.04 Å². The molecule has 3 aromatic carbocycles. The number of rotatable bonds is 5. The zero-order valence-electron chi connectivity index (χ0n) is 19.6. The molecule has 2 amide bonds. The average molecular weight is 471 g/mol. The molecule has 1 unspecified atom stereocenters. The van der Waals surface area contributed by atoms with Crippen LogP contribution in [0.25, 0.3) is 11.0 Å². The minimum Gasteiger partial charge on any atom is -0.497 e. The van der Waals surface area contributed by atoms with Crippen molar-refractivity contribution in [2.45, 2.75) is 6.04 Å².